The first kappa shape index (κ1) is 13.3. The van der Waals surface area contributed by atoms with Crippen LogP contribution in [-0.4, -0.2) is 32.1 Å². The first-order valence-corrected chi connectivity index (χ1v) is 5.71. The van der Waals surface area contributed by atoms with Gasteiger partial charge >= 0.3 is 0 Å². The molecule has 0 aliphatic rings. The molecular weight excluding hydrogens is 224 g/mol. The summed E-state index contributed by atoms with van der Waals surface area (Å²) in [5, 5.41) is 0.664. The second kappa shape index (κ2) is 6.09. The van der Waals surface area contributed by atoms with Crippen molar-refractivity contribution in [1.82, 2.24) is 4.90 Å². The van der Waals surface area contributed by atoms with Crippen LogP contribution < -0.4 is 10.5 Å². The number of halogens is 1. The Kier molecular flexibility index (Phi) is 5.06. The number of benzene rings is 1. The van der Waals surface area contributed by atoms with Gasteiger partial charge in [-0.2, -0.15) is 0 Å². The Morgan fingerprint density at radius 3 is 2.62 bits per heavy atom. The maximum absolute atomic E-state index is 6.10. The molecule has 0 fully saturated rings. The molecule has 16 heavy (non-hydrogen) atoms. The van der Waals surface area contributed by atoms with Crippen molar-refractivity contribution in [2.45, 2.75) is 13.0 Å². The highest BCUT2D eigenvalue weighted by Crippen LogP contribution is 2.26. The van der Waals surface area contributed by atoms with Gasteiger partial charge < -0.3 is 15.4 Å². The van der Waals surface area contributed by atoms with Crippen LogP contribution in [0.4, 0.5) is 0 Å². The van der Waals surface area contributed by atoms with Crippen molar-refractivity contribution in [2.75, 3.05) is 27.2 Å². The molecule has 1 aromatic rings. The van der Waals surface area contributed by atoms with Crippen LogP contribution in [0.5, 0.6) is 5.75 Å². The highest BCUT2D eigenvalue weighted by molar-refractivity contribution is 6.31. The molecule has 1 unspecified atom stereocenters. The second-order valence-corrected chi connectivity index (χ2v) is 4.53. The lowest BCUT2D eigenvalue weighted by Gasteiger charge is -2.13. The highest BCUT2D eigenvalue weighted by atomic mass is 35.5. The minimum Gasteiger partial charge on any atom is -0.492 e. The normalized spacial score (nSPS) is 12.9. The van der Waals surface area contributed by atoms with E-state index >= 15 is 0 Å². The van der Waals surface area contributed by atoms with Crippen LogP contribution in [0.3, 0.4) is 0 Å². The van der Waals surface area contributed by atoms with E-state index in [1.54, 1.807) is 0 Å². The molecule has 0 saturated heterocycles. The van der Waals surface area contributed by atoms with Crippen molar-refractivity contribution in [1.29, 1.82) is 0 Å². The van der Waals surface area contributed by atoms with Crippen molar-refractivity contribution in [2.24, 2.45) is 5.73 Å². The van der Waals surface area contributed by atoms with Gasteiger partial charge in [0.1, 0.15) is 12.4 Å². The molecule has 4 heteroatoms. The van der Waals surface area contributed by atoms with Crippen LogP contribution in [0.15, 0.2) is 18.2 Å². The molecule has 1 aromatic carbocycles. The summed E-state index contributed by atoms with van der Waals surface area (Å²) in [4.78, 5) is 2.07. The molecule has 2 N–H and O–H groups in total. The Morgan fingerprint density at radius 2 is 2.12 bits per heavy atom. The fourth-order valence-electron chi connectivity index (χ4n) is 1.31. The maximum atomic E-state index is 6.10. The van der Waals surface area contributed by atoms with Gasteiger partial charge in [-0.25, -0.2) is 0 Å². The van der Waals surface area contributed by atoms with E-state index in [2.05, 4.69) is 4.90 Å². The third-order valence-corrected chi connectivity index (χ3v) is 2.60. The van der Waals surface area contributed by atoms with Crippen LogP contribution in [0.25, 0.3) is 0 Å². The quantitative estimate of drug-likeness (QED) is 0.861. The molecule has 0 aliphatic carbocycles. The molecule has 0 amide bonds. The molecule has 1 rings (SSSR count). The summed E-state index contributed by atoms with van der Waals surface area (Å²) in [6.07, 6.45) is 0. The van der Waals surface area contributed by atoms with E-state index in [-0.39, 0.29) is 6.04 Å². The zero-order chi connectivity index (χ0) is 12.1. The first-order chi connectivity index (χ1) is 7.50. The monoisotopic (exact) mass is 242 g/mol. The Balaban J connectivity index is 2.59. The Labute approximate surface area is 102 Å². The number of likely N-dealkylation sites (N-methyl/N-ethyl adjacent to an activating group) is 1. The van der Waals surface area contributed by atoms with E-state index < -0.39 is 0 Å². The van der Waals surface area contributed by atoms with Crippen molar-refractivity contribution in [3.63, 3.8) is 0 Å². The fraction of sp³-hybridized carbons (Fsp3) is 0.500. The molecule has 90 valence electrons. The number of rotatable bonds is 5. The number of hydrogen-bond acceptors (Lipinski definition) is 3. The third kappa shape index (κ3) is 4.00. The largest absolute Gasteiger partial charge is 0.492 e. The van der Waals surface area contributed by atoms with E-state index in [1.807, 2.05) is 39.2 Å². The summed E-state index contributed by atoms with van der Waals surface area (Å²) >= 11 is 6.10. The van der Waals surface area contributed by atoms with Gasteiger partial charge in [-0.1, -0.05) is 17.7 Å². The number of ether oxygens (including phenoxy) is 1. The average Bonchev–Trinajstić information content (AvgIpc) is 2.16. The number of hydrogen-bond donors (Lipinski definition) is 1. The predicted octanol–water partition coefficient (Wildman–Crippen LogP) is 2.30. The van der Waals surface area contributed by atoms with E-state index in [1.165, 1.54) is 0 Å². The van der Waals surface area contributed by atoms with E-state index in [9.17, 15) is 0 Å². The third-order valence-electron chi connectivity index (χ3n) is 2.27. The molecule has 3 nitrogen and oxygen atoms in total. The summed E-state index contributed by atoms with van der Waals surface area (Å²) in [6.45, 7) is 3.45. The lowest BCUT2D eigenvalue weighted by Crippen LogP contribution is -2.19. The van der Waals surface area contributed by atoms with E-state index in [0.717, 1.165) is 17.9 Å². The van der Waals surface area contributed by atoms with Crippen LogP contribution in [0.2, 0.25) is 5.02 Å². The molecule has 0 aromatic heterocycles. The molecule has 0 spiro atoms. The van der Waals surface area contributed by atoms with Crippen LogP contribution in [0.1, 0.15) is 18.5 Å². The van der Waals surface area contributed by atoms with Gasteiger partial charge in [0.2, 0.25) is 0 Å². The predicted molar refractivity (Wildman–Crippen MR) is 68.1 cm³/mol. The molecule has 0 heterocycles. The highest BCUT2D eigenvalue weighted by Gasteiger charge is 2.06. The van der Waals surface area contributed by atoms with Gasteiger partial charge in [-0.15, -0.1) is 0 Å². The van der Waals surface area contributed by atoms with Crippen LogP contribution in [-0.2, 0) is 0 Å². The fourth-order valence-corrected chi connectivity index (χ4v) is 1.66. The lowest BCUT2D eigenvalue weighted by atomic mass is 10.1. The summed E-state index contributed by atoms with van der Waals surface area (Å²) in [5.41, 5.74) is 6.72. The van der Waals surface area contributed by atoms with Gasteiger partial charge in [0, 0.05) is 17.6 Å². The van der Waals surface area contributed by atoms with Crippen molar-refractivity contribution in [3.8, 4) is 5.75 Å². The summed E-state index contributed by atoms with van der Waals surface area (Å²) in [6, 6.07) is 5.58. The van der Waals surface area contributed by atoms with Crippen LogP contribution in [0, 0.1) is 0 Å². The Bertz CT molecular complexity index is 340. The zero-order valence-electron chi connectivity index (χ0n) is 10.0. The first-order valence-electron chi connectivity index (χ1n) is 5.33. The van der Waals surface area contributed by atoms with Gasteiger partial charge in [-0.05, 0) is 38.7 Å². The van der Waals surface area contributed by atoms with E-state index in [0.29, 0.717) is 11.6 Å². The van der Waals surface area contributed by atoms with E-state index in [4.69, 9.17) is 22.1 Å². The molecular formula is C12H19ClN2O. The summed E-state index contributed by atoms with van der Waals surface area (Å²) in [7, 11) is 4.02. The Morgan fingerprint density at radius 1 is 1.44 bits per heavy atom. The van der Waals surface area contributed by atoms with Crippen molar-refractivity contribution in [3.05, 3.63) is 28.8 Å². The molecule has 0 aliphatic heterocycles. The maximum Gasteiger partial charge on any atom is 0.120 e. The summed E-state index contributed by atoms with van der Waals surface area (Å²) in [5.74, 6) is 0.788. The molecule has 0 radical (unpaired) electrons. The molecule has 1 atom stereocenters. The van der Waals surface area contributed by atoms with Gasteiger partial charge in [0.15, 0.2) is 0 Å². The van der Waals surface area contributed by atoms with Gasteiger partial charge in [0.05, 0.1) is 0 Å². The minimum atomic E-state index is -0.0525. The zero-order valence-corrected chi connectivity index (χ0v) is 10.8. The second-order valence-electron chi connectivity index (χ2n) is 4.12. The number of nitrogens with two attached hydrogens (primary N) is 1. The molecule has 0 bridgehead atoms. The van der Waals surface area contributed by atoms with Crippen molar-refractivity contribution < 1.29 is 4.74 Å². The molecule has 0 saturated carbocycles. The lowest BCUT2D eigenvalue weighted by molar-refractivity contribution is 0.261. The summed E-state index contributed by atoms with van der Waals surface area (Å²) < 4.78 is 5.57. The number of nitrogens with zero attached hydrogens (tertiary/aromatic N) is 1. The topological polar surface area (TPSA) is 38.5 Å². The SMILES string of the molecule is CC(N)c1ccc(OCCN(C)C)cc1Cl. The van der Waals surface area contributed by atoms with Crippen LogP contribution >= 0.6 is 11.6 Å². The standard InChI is InChI=1S/C12H19ClN2O/c1-9(14)11-5-4-10(8-12(11)13)16-7-6-15(2)3/h4-5,8-9H,6-7,14H2,1-3H3. The van der Waals surface area contributed by atoms with Gasteiger partial charge in [0.25, 0.3) is 0 Å². The Hall–Kier alpha value is -0.770. The van der Waals surface area contributed by atoms with Gasteiger partial charge in [-0.3, -0.25) is 0 Å². The van der Waals surface area contributed by atoms with Crippen molar-refractivity contribution >= 4 is 11.6 Å². The smallest absolute Gasteiger partial charge is 0.120 e. The minimum absolute atomic E-state index is 0.0525. The average molecular weight is 243 g/mol.